The molecule has 1 rings (SSSR count). The lowest BCUT2D eigenvalue weighted by Gasteiger charge is -2.13. The van der Waals surface area contributed by atoms with Crippen molar-refractivity contribution in [3.05, 3.63) is 29.3 Å². The van der Waals surface area contributed by atoms with E-state index in [0.717, 1.165) is 12.1 Å². The van der Waals surface area contributed by atoms with Crippen molar-refractivity contribution >= 4 is 17.4 Å². The quantitative estimate of drug-likeness (QED) is 0.640. The third-order valence-corrected chi connectivity index (χ3v) is 2.98. The fraction of sp³-hybridized carbons (Fsp3) is 0.455. The van der Waals surface area contributed by atoms with E-state index < -0.39 is 17.2 Å². The van der Waals surface area contributed by atoms with Crippen LogP contribution in [0.4, 0.5) is 32.0 Å². The summed E-state index contributed by atoms with van der Waals surface area (Å²) >= 11 is -0.216. The molecule has 0 spiro atoms. The summed E-state index contributed by atoms with van der Waals surface area (Å²) in [5, 5.41) is 2.58. The first-order valence-corrected chi connectivity index (χ1v) is 6.20. The van der Waals surface area contributed by atoms with Crippen molar-refractivity contribution in [2.75, 3.05) is 17.6 Å². The number of rotatable bonds is 4. The number of hydrogen-bond donors (Lipinski definition) is 1. The van der Waals surface area contributed by atoms with Gasteiger partial charge in [0.1, 0.15) is 0 Å². The molecule has 0 atom stereocenters. The Bertz CT molecular complexity index is 426. The molecule has 0 heterocycles. The SMILES string of the molecule is Cc1ccc(C(F)(F)F)cc1NCCSC(F)(F)F. The summed E-state index contributed by atoms with van der Waals surface area (Å²) < 4.78 is 73.0. The highest BCUT2D eigenvalue weighted by Crippen LogP contribution is 2.32. The molecule has 1 nitrogen and oxygen atoms in total. The molecule has 0 saturated heterocycles. The van der Waals surface area contributed by atoms with Gasteiger partial charge in [-0.1, -0.05) is 6.07 Å². The van der Waals surface area contributed by atoms with Gasteiger partial charge in [0.05, 0.1) is 5.56 Å². The second-order valence-corrected chi connectivity index (χ2v) is 4.91. The molecule has 0 bridgehead atoms. The second-order valence-electron chi connectivity index (χ2n) is 3.75. The summed E-state index contributed by atoms with van der Waals surface area (Å²) in [6.45, 7) is 1.52. The van der Waals surface area contributed by atoms with Crippen molar-refractivity contribution in [2.24, 2.45) is 0 Å². The van der Waals surface area contributed by atoms with E-state index in [4.69, 9.17) is 0 Å². The van der Waals surface area contributed by atoms with Crippen LogP contribution in [0.3, 0.4) is 0 Å². The molecular formula is C11H11F6NS. The Labute approximate surface area is 110 Å². The molecule has 0 aromatic heterocycles. The Balaban J connectivity index is 2.63. The molecule has 19 heavy (non-hydrogen) atoms. The highest BCUT2D eigenvalue weighted by Gasteiger charge is 2.31. The average Bonchev–Trinajstić information content (AvgIpc) is 2.23. The maximum Gasteiger partial charge on any atom is 0.441 e. The van der Waals surface area contributed by atoms with Crippen molar-refractivity contribution in [2.45, 2.75) is 18.6 Å². The van der Waals surface area contributed by atoms with E-state index in [1.165, 1.54) is 6.07 Å². The number of halogens is 6. The van der Waals surface area contributed by atoms with Gasteiger partial charge in [-0.15, -0.1) is 0 Å². The fourth-order valence-corrected chi connectivity index (χ4v) is 1.78. The minimum absolute atomic E-state index is 0.0632. The van der Waals surface area contributed by atoms with Gasteiger partial charge in [-0.25, -0.2) is 0 Å². The predicted molar refractivity (Wildman–Crippen MR) is 63.2 cm³/mol. The number of thioether (sulfide) groups is 1. The van der Waals surface area contributed by atoms with Gasteiger partial charge < -0.3 is 5.32 Å². The van der Waals surface area contributed by atoms with Gasteiger partial charge in [-0.2, -0.15) is 26.3 Å². The largest absolute Gasteiger partial charge is 0.441 e. The molecule has 108 valence electrons. The Morgan fingerprint density at radius 3 is 2.26 bits per heavy atom. The molecule has 0 amide bonds. The molecule has 1 N–H and O–H groups in total. The fourth-order valence-electron chi connectivity index (χ4n) is 1.34. The molecule has 0 saturated carbocycles. The van der Waals surface area contributed by atoms with E-state index in [9.17, 15) is 26.3 Å². The number of aryl methyl sites for hydroxylation is 1. The molecule has 0 unspecified atom stereocenters. The van der Waals surface area contributed by atoms with Crippen LogP contribution in [0.25, 0.3) is 0 Å². The topological polar surface area (TPSA) is 12.0 Å². The average molecular weight is 303 g/mol. The number of nitrogens with one attached hydrogen (secondary N) is 1. The number of anilines is 1. The molecule has 1 aromatic rings. The van der Waals surface area contributed by atoms with Crippen molar-refractivity contribution < 1.29 is 26.3 Å². The van der Waals surface area contributed by atoms with E-state index in [0.29, 0.717) is 5.56 Å². The van der Waals surface area contributed by atoms with Crippen LogP contribution >= 0.6 is 11.8 Å². The zero-order valence-electron chi connectivity index (χ0n) is 9.82. The van der Waals surface area contributed by atoms with E-state index in [1.807, 2.05) is 0 Å². The van der Waals surface area contributed by atoms with Crippen LogP contribution in [0, 0.1) is 6.92 Å². The molecule has 8 heteroatoms. The first-order valence-electron chi connectivity index (χ1n) is 5.22. The Morgan fingerprint density at radius 1 is 1.11 bits per heavy atom. The number of benzene rings is 1. The third kappa shape index (κ3) is 5.63. The van der Waals surface area contributed by atoms with Crippen LogP contribution in [0.1, 0.15) is 11.1 Å². The smallest absolute Gasteiger partial charge is 0.384 e. The van der Waals surface area contributed by atoms with Crippen LogP contribution in [0.2, 0.25) is 0 Å². The van der Waals surface area contributed by atoms with E-state index in [-0.39, 0.29) is 29.7 Å². The van der Waals surface area contributed by atoms with Gasteiger partial charge in [0.15, 0.2) is 0 Å². The Hall–Kier alpha value is -1.05. The summed E-state index contributed by atoms with van der Waals surface area (Å²) in [5.74, 6) is -0.265. The predicted octanol–water partition coefficient (Wildman–Crippen LogP) is 4.68. The van der Waals surface area contributed by atoms with Crippen LogP contribution in [0.15, 0.2) is 18.2 Å². The van der Waals surface area contributed by atoms with Crippen LogP contribution in [0.5, 0.6) is 0 Å². The van der Waals surface area contributed by atoms with Crippen LogP contribution < -0.4 is 5.32 Å². The van der Waals surface area contributed by atoms with Crippen molar-refractivity contribution in [1.29, 1.82) is 0 Å². The standard InChI is InChI=1S/C11H11F6NS/c1-7-2-3-8(10(12,13)14)6-9(7)18-4-5-19-11(15,16)17/h2-3,6,18H,4-5H2,1H3. The second kappa shape index (κ2) is 5.94. The molecule has 0 aliphatic heterocycles. The first-order chi connectivity index (χ1) is 8.59. The van der Waals surface area contributed by atoms with Gasteiger partial charge in [0, 0.05) is 18.0 Å². The molecule has 1 aromatic carbocycles. The van der Waals surface area contributed by atoms with E-state index in [1.54, 1.807) is 6.92 Å². The van der Waals surface area contributed by atoms with Crippen molar-refractivity contribution in [3.63, 3.8) is 0 Å². The molecule has 0 aliphatic carbocycles. The maximum atomic E-state index is 12.5. The minimum Gasteiger partial charge on any atom is -0.384 e. The first kappa shape index (κ1) is 16.0. The summed E-state index contributed by atoms with van der Waals surface area (Å²) in [6, 6.07) is 3.11. The molecule has 0 aliphatic rings. The van der Waals surface area contributed by atoms with E-state index >= 15 is 0 Å². The monoisotopic (exact) mass is 303 g/mol. The lowest BCUT2D eigenvalue weighted by molar-refractivity contribution is -0.137. The van der Waals surface area contributed by atoms with Gasteiger partial charge in [-0.05, 0) is 36.4 Å². The summed E-state index contributed by atoms with van der Waals surface area (Å²) in [6.07, 6.45) is -4.47. The summed E-state index contributed by atoms with van der Waals surface area (Å²) in [7, 11) is 0. The van der Waals surface area contributed by atoms with Crippen molar-refractivity contribution in [1.82, 2.24) is 0 Å². The number of hydrogen-bond acceptors (Lipinski definition) is 2. The molecule has 0 radical (unpaired) electrons. The summed E-state index contributed by atoms with van der Waals surface area (Å²) in [5.41, 5.74) is -4.42. The van der Waals surface area contributed by atoms with Crippen LogP contribution in [-0.4, -0.2) is 17.8 Å². The van der Waals surface area contributed by atoms with Gasteiger partial charge in [0.25, 0.3) is 0 Å². The lowest BCUT2D eigenvalue weighted by atomic mass is 10.1. The minimum atomic E-state index is -4.47. The van der Waals surface area contributed by atoms with E-state index in [2.05, 4.69) is 5.32 Å². The summed E-state index contributed by atoms with van der Waals surface area (Å²) in [4.78, 5) is 0. The van der Waals surface area contributed by atoms with Crippen LogP contribution in [-0.2, 0) is 6.18 Å². The molecular weight excluding hydrogens is 292 g/mol. The molecule has 0 fully saturated rings. The van der Waals surface area contributed by atoms with Gasteiger partial charge in [0.2, 0.25) is 0 Å². The van der Waals surface area contributed by atoms with Crippen molar-refractivity contribution in [3.8, 4) is 0 Å². The number of alkyl halides is 6. The normalized spacial score (nSPS) is 12.6. The highest BCUT2D eigenvalue weighted by molar-refractivity contribution is 8.00. The highest BCUT2D eigenvalue weighted by atomic mass is 32.2. The zero-order valence-corrected chi connectivity index (χ0v) is 10.6. The van der Waals surface area contributed by atoms with Gasteiger partial charge >= 0.3 is 11.7 Å². The Morgan fingerprint density at radius 2 is 1.74 bits per heavy atom. The zero-order chi connectivity index (χ0) is 14.7. The maximum absolute atomic E-state index is 12.5. The Kier molecular flexibility index (Phi) is 5.00. The third-order valence-electron chi connectivity index (χ3n) is 2.25. The lowest BCUT2D eigenvalue weighted by Crippen LogP contribution is -2.11. The van der Waals surface area contributed by atoms with Gasteiger partial charge in [-0.3, -0.25) is 0 Å².